The second-order valence-corrected chi connectivity index (χ2v) is 13.8. The lowest BCUT2D eigenvalue weighted by atomic mass is 9.85. The lowest BCUT2D eigenvalue weighted by molar-refractivity contribution is 1.29. The van der Waals surface area contributed by atoms with Gasteiger partial charge in [0.05, 0.1) is 0 Å². The molecule has 0 aliphatic rings. The summed E-state index contributed by atoms with van der Waals surface area (Å²) in [7, 11) is 0. The van der Waals surface area contributed by atoms with Crippen LogP contribution in [-0.4, -0.2) is 0 Å². The van der Waals surface area contributed by atoms with Crippen LogP contribution in [0.15, 0.2) is 218 Å². The molecule has 10 rings (SSSR count). The van der Waals surface area contributed by atoms with E-state index in [2.05, 4.69) is 228 Å². The standard InChI is InChI=1S/C52H36N2/c1-7-19-37(20-8-1)47-33-39-31-46(54(43-27-15-5-16-28-43)44-29-17-6-18-30-44)36-50-48(38-21-9-2-10-22-38)34-40-32-45(35-49(47)51(40)52(39)50)53(41-23-11-3-12-24-41)42-25-13-4-14-26-42/h1-36H. The molecule has 0 unspecified atom stereocenters. The van der Waals surface area contributed by atoms with E-state index in [-0.39, 0.29) is 0 Å². The second kappa shape index (κ2) is 13.4. The fourth-order valence-corrected chi connectivity index (χ4v) is 8.15. The molecule has 0 spiro atoms. The summed E-state index contributed by atoms with van der Waals surface area (Å²) in [6.07, 6.45) is 0. The first-order valence-electron chi connectivity index (χ1n) is 18.5. The SMILES string of the molecule is c1ccc(-c2cc3cc(N(c4ccccc4)c4ccccc4)cc4c(-c5ccccc5)cc5cc(N(c6ccccc6)c6ccccc6)cc2c5c34)cc1. The molecule has 0 aromatic heterocycles. The van der Waals surface area contributed by atoms with Gasteiger partial charge in [-0.3, -0.25) is 0 Å². The van der Waals surface area contributed by atoms with E-state index in [4.69, 9.17) is 0 Å². The zero-order valence-electron chi connectivity index (χ0n) is 29.7. The molecule has 0 aliphatic heterocycles. The van der Waals surface area contributed by atoms with Gasteiger partial charge in [0.1, 0.15) is 0 Å². The first-order valence-corrected chi connectivity index (χ1v) is 18.5. The highest BCUT2D eigenvalue weighted by Crippen LogP contribution is 2.49. The molecule has 0 saturated carbocycles. The third-order valence-electron chi connectivity index (χ3n) is 10.5. The van der Waals surface area contributed by atoms with Gasteiger partial charge < -0.3 is 9.80 Å². The summed E-state index contributed by atoms with van der Waals surface area (Å²) < 4.78 is 0. The molecule has 0 atom stereocenters. The Morgan fingerprint density at radius 1 is 0.241 bits per heavy atom. The predicted molar refractivity (Wildman–Crippen MR) is 230 cm³/mol. The Morgan fingerprint density at radius 2 is 0.519 bits per heavy atom. The highest BCUT2D eigenvalue weighted by molar-refractivity contribution is 6.30. The van der Waals surface area contributed by atoms with Gasteiger partial charge in [-0.25, -0.2) is 0 Å². The molecule has 254 valence electrons. The molecule has 0 saturated heterocycles. The van der Waals surface area contributed by atoms with E-state index in [0.717, 1.165) is 34.1 Å². The van der Waals surface area contributed by atoms with Gasteiger partial charge in [0, 0.05) is 34.1 Å². The molecule has 0 radical (unpaired) electrons. The van der Waals surface area contributed by atoms with Crippen LogP contribution in [0.1, 0.15) is 0 Å². The number of nitrogens with zero attached hydrogens (tertiary/aromatic N) is 2. The van der Waals surface area contributed by atoms with Crippen molar-refractivity contribution in [1.29, 1.82) is 0 Å². The fraction of sp³-hybridized carbons (Fsp3) is 0. The van der Waals surface area contributed by atoms with Crippen molar-refractivity contribution in [2.45, 2.75) is 0 Å². The fourth-order valence-electron chi connectivity index (χ4n) is 8.15. The topological polar surface area (TPSA) is 6.48 Å². The van der Waals surface area contributed by atoms with Crippen molar-refractivity contribution in [3.63, 3.8) is 0 Å². The average Bonchev–Trinajstić information content (AvgIpc) is 3.25. The molecule has 0 amide bonds. The molecule has 10 aromatic rings. The zero-order chi connectivity index (χ0) is 35.8. The Bertz CT molecular complexity index is 2560. The number of para-hydroxylation sites is 4. The normalized spacial score (nSPS) is 11.3. The lowest BCUT2D eigenvalue weighted by Gasteiger charge is -2.29. The predicted octanol–water partition coefficient (Wildman–Crippen LogP) is 14.9. The molecule has 0 N–H and O–H groups in total. The van der Waals surface area contributed by atoms with Crippen LogP contribution in [0.3, 0.4) is 0 Å². The minimum Gasteiger partial charge on any atom is -0.310 e. The van der Waals surface area contributed by atoms with Gasteiger partial charge in [-0.1, -0.05) is 133 Å². The van der Waals surface area contributed by atoms with Crippen LogP contribution in [0.4, 0.5) is 34.1 Å². The number of hydrogen-bond donors (Lipinski definition) is 0. The van der Waals surface area contributed by atoms with Crippen molar-refractivity contribution in [1.82, 2.24) is 0 Å². The Labute approximate surface area is 315 Å². The quantitative estimate of drug-likeness (QED) is 0.147. The summed E-state index contributed by atoms with van der Waals surface area (Å²) in [6, 6.07) is 78.9. The van der Waals surface area contributed by atoms with Crippen molar-refractivity contribution in [3.05, 3.63) is 218 Å². The Kier molecular flexibility index (Phi) is 7.85. The molecule has 54 heavy (non-hydrogen) atoms. The highest BCUT2D eigenvalue weighted by atomic mass is 15.1. The molecule has 2 heteroatoms. The minimum absolute atomic E-state index is 1.12. The number of benzene rings is 10. The number of anilines is 6. The summed E-state index contributed by atoms with van der Waals surface area (Å²) in [4.78, 5) is 4.75. The van der Waals surface area contributed by atoms with Crippen LogP contribution in [-0.2, 0) is 0 Å². The van der Waals surface area contributed by atoms with Gasteiger partial charge in [0.2, 0.25) is 0 Å². The molecular weight excluding hydrogens is 653 g/mol. The zero-order valence-corrected chi connectivity index (χ0v) is 29.7. The Morgan fingerprint density at radius 3 is 0.815 bits per heavy atom. The maximum absolute atomic E-state index is 2.42. The van der Waals surface area contributed by atoms with Crippen molar-refractivity contribution < 1.29 is 0 Å². The minimum atomic E-state index is 1.12. The van der Waals surface area contributed by atoms with Crippen LogP contribution < -0.4 is 9.80 Å². The molecule has 0 fully saturated rings. The summed E-state index contributed by atoms with van der Waals surface area (Å²) in [6.45, 7) is 0. The van der Waals surface area contributed by atoms with E-state index in [1.807, 2.05) is 0 Å². The monoisotopic (exact) mass is 688 g/mol. The van der Waals surface area contributed by atoms with Gasteiger partial charge >= 0.3 is 0 Å². The van der Waals surface area contributed by atoms with Gasteiger partial charge in [0.15, 0.2) is 0 Å². The largest absolute Gasteiger partial charge is 0.310 e. The van der Waals surface area contributed by atoms with Gasteiger partial charge in [-0.05, 0) is 140 Å². The summed E-state index contributed by atoms with van der Waals surface area (Å²) >= 11 is 0. The molecule has 2 nitrogen and oxygen atoms in total. The Hall–Kier alpha value is -7.16. The van der Waals surface area contributed by atoms with Crippen LogP contribution >= 0.6 is 0 Å². The third-order valence-corrected chi connectivity index (χ3v) is 10.5. The summed E-state index contributed by atoms with van der Waals surface area (Å²) in [5.74, 6) is 0. The maximum atomic E-state index is 2.42. The summed E-state index contributed by atoms with van der Waals surface area (Å²) in [5.41, 5.74) is 11.5. The van der Waals surface area contributed by atoms with Crippen molar-refractivity contribution in [2.75, 3.05) is 9.80 Å². The smallest absolute Gasteiger partial charge is 0.0474 e. The highest BCUT2D eigenvalue weighted by Gasteiger charge is 2.23. The first-order chi connectivity index (χ1) is 26.8. The lowest BCUT2D eigenvalue weighted by Crippen LogP contribution is -2.10. The van der Waals surface area contributed by atoms with Crippen LogP contribution in [0.2, 0.25) is 0 Å². The van der Waals surface area contributed by atoms with E-state index in [1.165, 1.54) is 54.6 Å². The second-order valence-electron chi connectivity index (χ2n) is 13.8. The van der Waals surface area contributed by atoms with Crippen LogP contribution in [0.25, 0.3) is 54.6 Å². The maximum Gasteiger partial charge on any atom is 0.0474 e. The Balaban J connectivity index is 1.34. The van der Waals surface area contributed by atoms with E-state index in [0.29, 0.717) is 0 Å². The van der Waals surface area contributed by atoms with Gasteiger partial charge in [0.25, 0.3) is 0 Å². The molecule has 0 aliphatic carbocycles. The molecule has 0 heterocycles. The molecule has 10 aromatic carbocycles. The number of rotatable bonds is 8. The molecule has 0 bridgehead atoms. The van der Waals surface area contributed by atoms with Crippen LogP contribution in [0, 0.1) is 0 Å². The van der Waals surface area contributed by atoms with E-state index < -0.39 is 0 Å². The van der Waals surface area contributed by atoms with E-state index in [9.17, 15) is 0 Å². The van der Waals surface area contributed by atoms with Crippen molar-refractivity contribution in [3.8, 4) is 22.3 Å². The van der Waals surface area contributed by atoms with Crippen molar-refractivity contribution in [2.24, 2.45) is 0 Å². The van der Waals surface area contributed by atoms with E-state index >= 15 is 0 Å². The number of hydrogen-bond acceptors (Lipinski definition) is 2. The summed E-state index contributed by atoms with van der Waals surface area (Å²) in [5, 5.41) is 7.46. The molecular formula is C52H36N2. The third kappa shape index (κ3) is 5.53. The van der Waals surface area contributed by atoms with Gasteiger partial charge in [-0.15, -0.1) is 0 Å². The van der Waals surface area contributed by atoms with Gasteiger partial charge in [-0.2, -0.15) is 0 Å². The van der Waals surface area contributed by atoms with E-state index in [1.54, 1.807) is 0 Å². The first kappa shape index (κ1) is 31.6. The van der Waals surface area contributed by atoms with Crippen molar-refractivity contribution >= 4 is 66.4 Å². The average molecular weight is 689 g/mol. The van der Waals surface area contributed by atoms with Crippen LogP contribution in [0.5, 0.6) is 0 Å².